The fourth-order valence-corrected chi connectivity index (χ4v) is 3.26. The fourth-order valence-electron chi connectivity index (χ4n) is 3.26. The number of hydrogen-bond donors (Lipinski definition) is 0. The lowest BCUT2D eigenvalue weighted by Gasteiger charge is -2.13. The van der Waals surface area contributed by atoms with E-state index in [0.29, 0.717) is 5.92 Å². The number of fused-ring (bicyclic) bond motifs is 6. The summed E-state index contributed by atoms with van der Waals surface area (Å²) in [5.41, 5.74) is 3.09. The summed E-state index contributed by atoms with van der Waals surface area (Å²) in [6.45, 7) is 0. The lowest BCUT2D eigenvalue weighted by molar-refractivity contribution is 0.269. The van der Waals surface area contributed by atoms with E-state index in [1.165, 1.54) is 16.3 Å². The normalized spacial score (nSPS) is 23.0. The van der Waals surface area contributed by atoms with Crippen molar-refractivity contribution in [3.05, 3.63) is 66.3 Å². The van der Waals surface area contributed by atoms with Gasteiger partial charge in [-0.15, -0.1) is 0 Å². The molecule has 2 aromatic carbocycles. The molecule has 0 fully saturated rings. The van der Waals surface area contributed by atoms with E-state index in [0.717, 1.165) is 16.9 Å². The summed E-state index contributed by atoms with van der Waals surface area (Å²) in [5, 5.41) is 2.34. The molecule has 1 aliphatic carbocycles. The van der Waals surface area contributed by atoms with Gasteiger partial charge in [0.2, 0.25) is 0 Å². The second kappa shape index (κ2) is 3.54. The van der Waals surface area contributed by atoms with Crippen molar-refractivity contribution in [1.82, 2.24) is 0 Å². The van der Waals surface area contributed by atoms with E-state index >= 15 is 0 Å². The molecule has 2 aliphatic rings. The van der Waals surface area contributed by atoms with Crippen LogP contribution in [-0.4, -0.2) is 6.10 Å². The van der Waals surface area contributed by atoms with Gasteiger partial charge in [-0.1, -0.05) is 36.4 Å². The van der Waals surface area contributed by atoms with Crippen molar-refractivity contribution in [2.45, 2.75) is 12.0 Å². The largest absolute Gasteiger partial charge is 0.485 e. The van der Waals surface area contributed by atoms with Crippen LogP contribution >= 0.6 is 0 Å². The highest BCUT2D eigenvalue weighted by molar-refractivity contribution is 6.05. The summed E-state index contributed by atoms with van der Waals surface area (Å²) < 4.78 is 11.9. The first kappa shape index (κ1) is 10.3. The Morgan fingerprint density at radius 2 is 1.75 bits per heavy atom. The molecule has 0 saturated carbocycles. The molecule has 2 nitrogen and oxygen atoms in total. The number of allylic oxidation sites excluding steroid dienone is 2. The molecule has 2 heteroatoms. The second-order valence-corrected chi connectivity index (χ2v) is 5.36. The zero-order chi connectivity index (χ0) is 13.1. The summed E-state index contributed by atoms with van der Waals surface area (Å²) in [5.74, 6) is 1.27. The molecule has 0 saturated heterocycles. The van der Waals surface area contributed by atoms with Crippen molar-refractivity contribution in [3.63, 3.8) is 0 Å². The van der Waals surface area contributed by atoms with Crippen LogP contribution in [0.1, 0.15) is 11.5 Å². The van der Waals surface area contributed by atoms with Gasteiger partial charge >= 0.3 is 0 Å². The summed E-state index contributed by atoms with van der Waals surface area (Å²) in [6.07, 6.45) is 8.60. The average Bonchev–Trinajstić information content (AvgIpc) is 3.02. The van der Waals surface area contributed by atoms with Gasteiger partial charge in [0.15, 0.2) is 0 Å². The molecule has 3 aromatic rings. The highest BCUT2D eigenvalue weighted by Crippen LogP contribution is 2.44. The van der Waals surface area contributed by atoms with E-state index in [1.807, 2.05) is 30.3 Å². The smallest absolute Gasteiger partial charge is 0.139 e. The Balaban J connectivity index is 1.83. The Bertz CT molecular complexity index is 898. The third-order valence-electron chi connectivity index (χ3n) is 4.22. The molecule has 0 bridgehead atoms. The van der Waals surface area contributed by atoms with Gasteiger partial charge < -0.3 is 9.15 Å². The molecular weight excluding hydrogens is 248 g/mol. The van der Waals surface area contributed by atoms with Crippen LogP contribution in [0.2, 0.25) is 0 Å². The molecule has 1 aromatic heterocycles. The minimum absolute atomic E-state index is 0.132. The lowest BCUT2D eigenvalue weighted by atomic mass is 9.91. The summed E-state index contributed by atoms with van der Waals surface area (Å²) in [4.78, 5) is 0. The van der Waals surface area contributed by atoms with Crippen LogP contribution in [0.25, 0.3) is 21.9 Å². The number of ether oxygens (including phenoxy) is 1. The van der Waals surface area contributed by atoms with Crippen molar-refractivity contribution >= 4 is 21.9 Å². The highest BCUT2D eigenvalue weighted by Gasteiger charge is 2.32. The number of benzene rings is 2. The summed E-state index contributed by atoms with van der Waals surface area (Å²) >= 11 is 0. The topological polar surface area (TPSA) is 22.4 Å². The molecule has 0 spiro atoms. The molecule has 0 amide bonds. The van der Waals surface area contributed by atoms with Gasteiger partial charge in [-0.25, -0.2) is 0 Å². The van der Waals surface area contributed by atoms with Crippen LogP contribution in [0.5, 0.6) is 5.75 Å². The Hall–Kier alpha value is -2.48. The monoisotopic (exact) mass is 260 g/mol. The third-order valence-corrected chi connectivity index (χ3v) is 4.22. The second-order valence-electron chi connectivity index (χ2n) is 5.36. The maximum absolute atomic E-state index is 6.02. The van der Waals surface area contributed by atoms with Gasteiger partial charge in [-0.05, 0) is 18.2 Å². The molecule has 1 aliphatic heterocycles. The van der Waals surface area contributed by atoms with E-state index in [-0.39, 0.29) is 6.10 Å². The molecule has 2 unspecified atom stereocenters. The predicted octanol–water partition coefficient (Wildman–Crippen LogP) is 4.56. The predicted molar refractivity (Wildman–Crippen MR) is 79.2 cm³/mol. The van der Waals surface area contributed by atoms with Crippen molar-refractivity contribution in [2.24, 2.45) is 0 Å². The van der Waals surface area contributed by atoms with Crippen molar-refractivity contribution < 1.29 is 9.15 Å². The molecular formula is C18H12O2. The fraction of sp³-hybridized carbons (Fsp3) is 0.111. The maximum Gasteiger partial charge on any atom is 0.139 e. The van der Waals surface area contributed by atoms with Crippen LogP contribution in [-0.2, 0) is 0 Å². The van der Waals surface area contributed by atoms with Gasteiger partial charge in [0.25, 0.3) is 0 Å². The molecule has 20 heavy (non-hydrogen) atoms. The van der Waals surface area contributed by atoms with Crippen LogP contribution in [0, 0.1) is 0 Å². The van der Waals surface area contributed by atoms with Crippen LogP contribution < -0.4 is 4.74 Å². The van der Waals surface area contributed by atoms with E-state index < -0.39 is 0 Å². The molecule has 0 N–H and O–H groups in total. The Kier molecular flexibility index (Phi) is 1.83. The highest BCUT2D eigenvalue weighted by atomic mass is 16.5. The number of rotatable bonds is 0. The SMILES string of the molecule is C1=CC2Oc3cc4oc5ccccc5c4cc3C2C=C1. The van der Waals surface area contributed by atoms with Crippen LogP contribution in [0.4, 0.5) is 0 Å². The molecule has 0 radical (unpaired) electrons. The minimum atomic E-state index is 0.132. The van der Waals surface area contributed by atoms with Crippen LogP contribution in [0.15, 0.2) is 65.1 Å². The molecule has 2 atom stereocenters. The number of hydrogen-bond acceptors (Lipinski definition) is 2. The van der Waals surface area contributed by atoms with E-state index in [4.69, 9.17) is 9.15 Å². The first-order chi connectivity index (χ1) is 9.90. The van der Waals surface area contributed by atoms with Crippen LogP contribution in [0.3, 0.4) is 0 Å². The number of furan rings is 1. The first-order valence-corrected chi connectivity index (χ1v) is 6.87. The third kappa shape index (κ3) is 1.23. The Morgan fingerprint density at radius 3 is 2.75 bits per heavy atom. The standard InChI is InChI=1S/C18H12O2/c1-3-7-15-11(5-1)13-9-14-12-6-2-4-8-16(12)20-18(14)10-17(13)19-15/h1-11,15H. The minimum Gasteiger partial charge on any atom is -0.485 e. The van der Waals surface area contributed by atoms with Crippen molar-refractivity contribution in [1.29, 1.82) is 0 Å². The maximum atomic E-state index is 6.02. The van der Waals surface area contributed by atoms with Crippen molar-refractivity contribution in [3.8, 4) is 5.75 Å². The van der Waals surface area contributed by atoms with E-state index in [2.05, 4.69) is 30.4 Å². The first-order valence-electron chi connectivity index (χ1n) is 6.87. The van der Waals surface area contributed by atoms with Gasteiger partial charge in [-0.3, -0.25) is 0 Å². The van der Waals surface area contributed by atoms with Gasteiger partial charge in [0.1, 0.15) is 23.0 Å². The molecule has 96 valence electrons. The summed E-state index contributed by atoms with van der Waals surface area (Å²) in [6, 6.07) is 12.4. The average molecular weight is 260 g/mol. The Labute approximate surface area is 116 Å². The van der Waals surface area contributed by atoms with E-state index in [1.54, 1.807) is 0 Å². The van der Waals surface area contributed by atoms with Crippen molar-refractivity contribution in [2.75, 3.05) is 0 Å². The van der Waals surface area contributed by atoms with Gasteiger partial charge in [-0.2, -0.15) is 0 Å². The summed E-state index contributed by atoms with van der Waals surface area (Å²) in [7, 11) is 0. The zero-order valence-electron chi connectivity index (χ0n) is 10.7. The quantitative estimate of drug-likeness (QED) is 0.591. The van der Waals surface area contributed by atoms with Gasteiger partial charge in [0, 0.05) is 28.3 Å². The molecule has 2 heterocycles. The zero-order valence-corrected chi connectivity index (χ0v) is 10.7. The van der Waals surface area contributed by atoms with Gasteiger partial charge in [0.05, 0.1) is 0 Å². The number of para-hydroxylation sites is 1. The van der Waals surface area contributed by atoms with E-state index in [9.17, 15) is 0 Å². The lowest BCUT2D eigenvalue weighted by Crippen LogP contribution is -2.15. The molecule has 5 rings (SSSR count). The Morgan fingerprint density at radius 1 is 0.850 bits per heavy atom.